The van der Waals surface area contributed by atoms with Gasteiger partial charge in [0.15, 0.2) is 17.3 Å². The molecule has 0 saturated carbocycles. The van der Waals surface area contributed by atoms with Crippen molar-refractivity contribution in [1.29, 1.82) is 0 Å². The van der Waals surface area contributed by atoms with Crippen LogP contribution in [-0.4, -0.2) is 46.1 Å². The predicted octanol–water partition coefficient (Wildman–Crippen LogP) is 2.13. The first-order valence-corrected chi connectivity index (χ1v) is 7.95. The van der Waals surface area contributed by atoms with Crippen LogP contribution in [0.15, 0.2) is 42.7 Å². The van der Waals surface area contributed by atoms with Crippen LogP contribution >= 0.6 is 0 Å². The molecule has 1 amide bonds. The van der Waals surface area contributed by atoms with Gasteiger partial charge in [0.1, 0.15) is 6.33 Å². The van der Waals surface area contributed by atoms with Gasteiger partial charge in [-0.2, -0.15) is 4.68 Å². The SMILES string of the molecule is COc1cc(C(=O)Nc2ccc(C(C)=O)cc2)c(-n2cnnn2)cc1OC. The number of hydrogen-bond acceptors (Lipinski definition) is 7. The van der Waals surface area contributed by atoms with Gasteiger partial charge in [-0.3, -0.25) is 9.59 Å². The molecule has 9 nitrogen and oxygen atoms in total. The largest absolute Gasteiger partial charge is 0.493 e. The normalized spacial score (nSPS) is 10.3. The van der Waals surface area contributed by atoms with E-state index >= 15 is 0 Å². The summed E-state index contributed by atoms with van der Waals surface area (Å²) in [6.45, 7) is 1.48. The number of Topliss-reactive ketones (excluding diaryl/α,β-unsaturated/α-hetero) is 1. The van der Waals surface area contributed by atoms with E-state index in [0.29, 0.717) is 28.4 Å². The fourth-order valence-corrected chi connectivity index (χ4v) is 2.50. The highest BCUT2D eigenvalue weighted by atomic mass is 16.5. The fourth-order valence-electron chi connectivity index (χ4n) is 2.50. The number of carbonyl (C=O) groups excluding carboxylic acids is 2. The molecule has 0 spiro atoms. The second-order valence-corrected chi connectivity index (χ2v) is 5.57. The summed E-state index contributed by atoms with van der Waals surface area (Å²) in [6, 6.07) is 9.78. The zero-order valence-corrected chi connectivity index (χ0v) is 15.0. The molecule has 0 saturated heterocycles. The molecule has 0 fully saturated rings. The molecule has 0 aliphatic heterocycles. The molecule has 0 atom stereocenters. The predicted molar refractivity (Wildman–Crippen MR) is 96.7 cm³/mol. The molecular formula is C18H17N5O4. The van der Waals surface area contributed by atoms with Gasteiger partial charge in [-0.05, 0) is 47.7 Å². The average molecular weight is 367 g/mol. The van der Waals surface area contributed by atoms with Gasteiger partial charge in [-0.15, -0.1) is 5.10 Å². The van der Waals surface area contributed by atoms with E-state index in [4.69, 9.17) is 9.47 Å². The molecule has 3 aromatic rings. The number of rotatable bonds is 6. The zero-order valence-electron chi connectivity index (χ0n) is 15.0. The second kappa shape index (κ2) is 7.65. The van der Waals surface area contributed by atoms with Gasteiger partial charge in [0.05, 0.1) is 25.5 Å². The number of ether oxygens (including phenoxy) is 2. The van der Waals surface area contributed by atoms with Crippen molar-refractivity contribution in [2.45, 2.75) is 6.92 Å². The lowest BCUT2D eigenvalue weighted by molar-refractivity contribution is 0.101. The molecule has 0 bridgehead atoms. The number of nitrogens with one attached hydrogen (secondary N) is 1. The third kappa shape index (κ3) is 3.76. The van der Waals surface area contributed by atoms with Crippen molar-refractivity contribution in [2.24, 2.45) is 0 Å². The number of nitrogens with zero attached hydrogens (tertiary/aromatic N) is 4. The lowest BCUT2D eigenvalue weighted by Gasteiger charge is -2.14. The van der Waals surface area contributed by atoms with Gasteiger partial charge < -0.3 is 14.8 Å². The third-order valence-corrected chi connectivity index (χ3v) is 3.89. The van der Waals surface area contributed by atoms with Crippen LogP contribution in [0.2, 0.25) is 0 Å². The summed E-state index contributed by atoms with van der Waals surface area (Å²) in [5.41, 5.74) is 1.82. The van der Waals surface area contributed by atoms with Crippen molar-refractivity contribution < 1.29 is 19.1 Å². The van der Waals surface area contributed by atoms with Gasteiger partial charge in [-0.25, -0.2) is 0 Å². The maximum absolute atomic E-state index is 12.9. The first-order chi connectivity index (χ1) is 13.0. The summed E-state index contributed by atoms with van der Waals surface area (Å²) < 4.78 is 11.9. The van der Waals surface area contributed by atoms with E-state index in [9.17, 15) is 9.59 Å². The van der Waals surface area contributed by atoms with E-state index in [-0.39, 0.29) is 11.3 Å². The minimum atomic E-state index is -0.392. The first-order valence-electron chi connectivity index (χ1n) is 7.95. The summed E-state index contributed by atoms with van der Waals surface area (Å²) in [7, 11) is 2.98. The number of anilines is 1. The van der Waals surface area contributed by atoms with Crippen LogP contribution in [0.25, 0.3) is 5.69 Å². The Bertz CT molecular complexity index is 968. The highest BCUT2D eigenvalue weighted by Gasteiger charge is 2.19. The van der Waals surface area contributed by atoms with Gasteiger partial charge in [0.25, 0.3) is 5.91 Å². The Kier molecular flexibility index (Phi) is 5.11. The summed E-state index contributed by atoms with van der Waals surface area (Å²) in [4.78, 5) is 24.2. The maximum atomic E-state index is 12.9. The molecule has 0 radical (unpaired) electrons. The number of amides is 1. The molecule has 1 heterocycles. The Balaban J connectivity index is 1.98. The summed E-state index contributed by atoms with van der Waals surface area (Å²) in [5, 5.41) is 13.8. The van der Waals surface area contributed by atoms with E-state index in [1.165, 1.54) is 32.2 Å². The Hall–Kier alpha value is -3.75. The third-order valence-electron chi connectivity index (χ3n) is 3.89. The van der Waals surface area contributed by atoms with Gasteiger partial charge in [-0.1, -0.05) is 0 Å². The monoisotopic (exact) mass is 367 g/mol. The number of methoxy groups -OCH3 is 2. The van der Waals surface area contributed by atoms with Crippen LogP contribution in [0.5, 0.6) is 11.5 Å². The summed E-state index contributed by atoms with van der Waals surface area (Å²) in [5.74, 6) is 0.391. The number of ketones is 1. The van der Waals surface area contributed by atoms with E-state index in [2.05, 4.69) is 20.8 Å². The Morgan fingerprint density at radius 3 is 2.26 bits per heavy atom. The second-order valence-electron chi connectivity index (χ2n) is 5.57. The molecule has 0 aliphatic rings. The van der Waals surface area contributed by atoms with Crippen molar-refractivity contribution in [1.82, 2.24) is 20.2 Å². The van der Waals surface area contributed by atoms with Crippen LogP contribution < -0.4 is 14.8 Å². The molecule has 2 aromatic carbocycles. The van der Waals surface area contributed by atoms with E-state index in [1.807, 2.05) is 0 Å². The van der Waals surface area contributed by atoms with Crippen molar-refractivity contribution in [3.05, 3.63) is 53.9 Å². The number of aromatic nitrogens is 4. The first kappa shape index (κ1) is 18.1. The Morgan fingerprint density at radius 1 is 1.04 bits per heavy atom. The molecule has 3 rings (SSSR count). The van der Waals surface area contributed by atoms with Crippen LogP contribution in [-0.2, 0) is 0 Å². The molecule has 0 unspecified atom stereocenters. The van der Waals surface area contributed by atoms with Crippen molar-refractivity contribution in [2.75, 3.05) is 19.5 Å². The average Bonchev–Trinajstić information content (AvgIpc) is 3.21. The fraction of sp³-hybridized carbons (Fsp3) is 0.167. The molecule has 0 aliphatic carbocycles. The number of benzene rings is 2. The highest BCUT2D eigenvalue weighted by Crippen LogP contribution is 2.32. The van der Waals surface area contributed by atoms with E-state index in [0.717, 1.165) is 0 Å². The van der Waals surface area contributed by atoms with Gasteiger partial charge >= 0.3 is 0 Å². The minimum absolute atomic E-state index is 0.0475. The standard InChI is InChI=1S/C18H17N5O4/c1-11(24)12-4-6-13(7-5-12)20-18(25)14-8-16(26-2)17(27-3)9-15(14)23-10-19-21-22-23/h4-10H,1-3H3,(H,20,25). The van der Waals surface area contributed by atoms with Crippen molar-refractivity contribution in [3.8, 4) is 17.2 Å². The van der Waals surface area contributed by atoms with Crippen LogP contribution in [0.1, 0.15) is 27.6 Å². The maximum Gasteiger partial charge on any atom is 0.258 e. The topological polar surface area (TPSA) is 108 Å². The van der Waals surface area contributed by atoms with E-state index < -0.39 is 5.91 Å². The lowest BCUT2D eigenvalue weighted by atomic mass is 10.1. The Morgan fingerprint density at radius 2 is 1.70 bits per heavy atom. The molecule has 9 heteroatoms. The van der Waals surface area contributed by atoms with Crippen LogP contribution in [0.3, 0.4) is 0 Å². The molecule has 138 valence electrons. The Labute approximate surface area is 154 Å². The number of tetrazole rings is 1. The highest BCUT2D eigenvalue weighted by molar-refractivity contribution is 6.07. The zero-order chi connectivity index (χ0) is 19.4. The molecule has 1 aromatic heterocycles. The lowest BCUT2D eigenvalue weighted by Crippen LogP contribution is -2.16. The summed E-state index contributed by atoms with van der Waals surface area (Å²) in [6.07, 6.45) is 1.37. The van der Waals surface area contributed by atoms with Gasteiger partial charge in [0, 0.05) is 17.3 Å². The number of hydrogen-bond donors (Lipinski definition) is 1. The summed E-state index contributed by atoms with van der Waals surface area (Å²) >= 11 is 0. The quantitative estimate of drug-likeness (QED) is 0.665. The van der Waals surface area contributed by atoms with Crippen molar-refractivity contribution >= 4 is 17.4 Å². The van der Waals surface area contributed by atoms with Crippen LogP contribution in [0.4, 0.5) is 5.69 Å². The molecular weight excluding hydrogens is 350 g/mol. The van der Waals surface area contributed by atoms with Gasteiger partial charge in [0.2, 0.25) is 0 Å². The molecule has 1 N–H and O–H groups in total. The number of carbonyl (C=O) groups is 2. The molecule has 27 heavy (non-hydrogen) atoms. The van der Waals surface area contributed by atoms with Crippen molar-refractivity contribution in [3.63, 3.8) is 0 Å². The smallest absolute Gasteiger partial charge is 0.258 e. The van der Waals surface area contributed by atoms with Crippen LogP contribution in [0, 0.1) is 0 Å². The van der Waals surface area contributed by atoms with E-state index in [1.54, 1.807) is 36.4 Å². The minimum Gasteiger partial charge on any atom is -0.493 e.